The van der Waals surface area contributed by atoms with Gasteiger partial charge in [-0.2, -0.15) is 9.78 Å². The Morgan fingerprint density at radius 1 is 0.688 bits per heavy atom. The summed E-state index contributed by atoms with van der Waals surface area (Å²) in [5, 5.41) is 0. The molecule has 2 nitrogen and oxygen atoms in total. The summed E-state index contributed by atoms with van der Waals surface area (Å²) in [7, 11) is 0. The van der Waals surface area contributed by atoms with E-state index < -0.39 is 0 Å². The highest BCUT2D eigenvalue weighted by atomic mass is 17.4. The molecule has 0 N–H and O–H groups in total. The molecular weight excluding hydrogens is 200 g/mol. The van der Waals surface area contributed by atoms with Gasteiger partial charge in [0.15, 0.2) is 0 Å². The molecule has 1 heterocycles. The molecule has 2 rings (SSSR count). The molecule has 2 aliphatic rings. The lowest BCUT2D eigenvalue weighted by Crippen LogP contribution is -2.49. The third kappa shape index (κ3) is 1.70. The zero-order valence-corrected chi connectivity index (χ0v) is 11.6. The third-order valence-electron chi connectivity index (χ3n) is 5.06. The van der Waals surface area contributed by atoms with Crippen molar-refractivity contribution in [1.29, 1.82) is 0 Å². The molecule has 0 aromatic rings. The first kappa shape index (κ1) is 12.4. The molecule has 0 amide bonds. The van der Waals surface area contributed by atoms with E-state index in [0.717, 1.165) is 12.8 Å². The highest BCUT2D eigenvalue weighted by Gasteiger charge is 2.60. The lowest BCUT2D eigenvalue weighted by Gasteiger charge is -2.56. The first-order valence-corrected chi connectivity index (χ1v) is 6.49. The second-order valence-electron chi connectivity index (χ2n) is 7.66. The summed E-state index contributed by atoms with van der Waals surface area (Å²) >= 11 is 0. The van der Waals surface area contributed by atoms with Gasteiger partial charge in [-0.1, -0.05) is 41.5 Å². The summed E-state index contributed by atoms with van der Waals surface area (Å²) in [5.41, 5.74) is 1.06. The van der Waals surface area contributed by atoms with Crippen molar-refractivity contribution in [2.45, 2.75) is 73.0 Å². The van der Waals surface area contributed by atoms with Crippen LogP contribution in [0.25, 0.3) is 0 Å². The summed E-state index contributed by atoms with van der Waals surface area (Å²) in [6, 6.07) is 0. The van der Waals surface area contributed by atoms with Gasteiger partial charge in [0.05, 0.1) is 0 Å². The standard InChI is InChI=1S/C14H26O2/c1-11(2,3)13(12(4,5)6)7-9-14(10-8-13)15-16-14/h7-10H2,1-6H3. The molecule has 2 fully saturated rings. The Morgan fingerprint density at radius 3 is 1.31 bits per heavy atom. The molecule has 0 bridgehead atoms. The Hall–Kier alpha value is -0.0800. The molecule has 1 aliphatic heterocycles. The zero-order chi connectivity index (χ0) is 12.2. The highest BCUT2D eigenvalue weighted by molar-refractivity contribution is 5.03. The van der Waals surface area contributed by atoms with Crippen LogP contribution in [0.2, 0.25) is 0 Å². The van der Waals surface area contributed by atoms with Gasteiger partial charge in [-0.15, -0.1) is 0 Å². The molecule has 1 aliphatic carbocycles. The topological polar surface area (TPSA) is 25.1 Å². The van der Waals surface area contributed by atoms with E-state index in [4.69, 9.17) is 9.78 Å². The summed E-state index contributed by atoms with van der Waals surface area (Å²) in [4.78, 5) is 10.3. The molecule has 0 aromatic carbocycles. The molecule has 16 heavy (non-hydrogen) atoms. The van der Waals surface area contributed by atoms with E-state index >= 15 is 0 Å². The molecule has 2 heteroatoms. The van der Waals surface area contributed by atoms with E-state index in [1.54, 1.807) is 0 Å². The average Bonchev–Trinajstić information content (AvgIpc) is 2.82. The van der Waals surface area contributed by atoms with Crippen molar-refractivity contribution in [3.05, 3.63) is 0 Å². The van der Waals surface area contributed by atoms with Crippen LogP contribution in [0.1, 0.15) is 67.2 Å². The van der Waals surface area contributed by atoms with Crippen LogP contribution in [-0.4, -0.2) is 5.79 Å². The molecule has 1 spiro atoms. The van der Waals surface area contributed by atoms with Gasteiger partial charge in [0, 0.05) is 12.8 Å². The molecule has 0 unspecified atom stereocenters. The van der Waals surface area contributed by atoms with Crippen molar-refractivity contribution in [3.63, 3.8) is 0 Å². The Labute approximate surface area is 99.6 Å². The SMILES string of the molecule is CC(C)(C)C1(C(C)(C)C)CCC2(CC1)OO2. The maximum Gasteiger partial charge on any atom is 0.234 e. The maximum absolute atomic E-state index is 5.16. The highest BCUT2D eigenvalue weighted by Crippen LogP contribution is 2.63. The van der Waals surface area contributed by atoms with E-state index in [-0.39, 0.29) is 5.79 Å². The maximum atomic E-state index is 5.16. The second-order valence-corrected chi connectivity index (χ2v) is 7.66. The quantitative estimate of drug-likeness (QED) is 0.454. The summed E-state index contributed by atoms with van der Waals surface area (Å²) in [6.07, 6.45) is 4.53. The van der Waals surface area contributed by atoms with Gasteiger partial charge < -0.3 is 0 Å². The molecule has 0 aromatic heterocycles. The van der Waals surface area contributed by atoms with Gasteiger partial charge in [0.1, 0.15) is 0 Å². The molecule has 94 valence electrons. The van der Waals surface area contributed by atoms with Gasteiger partial charge in [-0.3, -0.25) is 0 Å². The lowest BCUT2D eigenvalue weighted by molar-refractivity contribution is -0.0797. The Bertz CT molecular complexity index is 250. The predicted octanol–water partition coefficient (Wildman–Crippen LogP) is 4.30. The zero-order valence-electron chi connectivity index (χ0n) is 11.6. The fraction of sp³-hybridized carbons (Fsp3) is 1.00. The van der Waals surface area contributed by atoms with Crippen molar-refractivity contribution in [3.8, 4) is 0 Å². The summed E-state index contributed by atoms with van der Waals surface area (Å²) < 4.78 is 0. The van der Waals surface area contributed by atoms with E-state index in [2.05, 4.69) is 41.5 Å². The number of rotatable bonds is 0. The van der Waals surface area contributed by atoms with E-state index in [9.17, 15) is 0 Å². The molecule has 1 saturated carbocycles. The fourth-order valence-corrected chi connectivity index (χ4v) is 3.91. The Kier molecular flexibility index (Phi) is 2.50. The smallest absolute Gasteiger partial charge is 0.195 e. The summed E-state index contributed by atoms with van der Waals surface area (Å²) in [5.74, 6) is -0.181. The van der Waals surface area contributed by atoms with Crippen LogP contribution < -0.4 is 0 Å². The van der Waals surface area contributed by atoms with E-state index in [1.165, 1.54) is 12.8 Å². The van der Waals surface area contributed by atoms with Crippen molar-refractivity contribution >= 4 is 0 Å². The van der Waals surface area contributed by atoms with Gasteiger partial charge >= 0.3 is 0 Å². The van der Waals surface area contributed by atoms with Crippen molar-refractivity contribution < 1.29 is 9.78 Å². The van der Waals surface area contributed by atoms with E-state index in [1.807, 2.05) is 0 Å². The van der Waals surface area contributed by atoms with Crippen LogP contribution in [0.15, 0.2) is 0 Å². The number of hydrogen-bond donors (Lipinski definition) is 0. The second kappa shape index (κ2) is 3.23. The molecular formula is C14H26O2. The van der Waals surface area contributed by atoms with Crippen LogP contribution >= 0.6 is 0 Å². The van der Waals surface area contributed by atoms with Gasteiger partial charge in [-0.25, -0.2) is 0 Å². The van der Waals surface area contributed by atoms with Crippen LogP contribution in [-0.2, 0) is 9.78 Å². The number of hydrogen-bond acceptors (Lipinski definition) is 2. The van der Waals surface area contributed by atoms with Crippen LogP contribution in [0, 0.1) is 16.2 Å². The van der Waals surface area contributed by atoms with Gasteiger partial charge in [-0.05, 0) is 29.1 Å². The normalized spacial score (nSPS) is 28.1. The molecule has 0 atom stereocenters. The van der Waals surface area contributed by atoms with Gasteiger partial charge in [0.2, 0.25) is 5.79 Å². The average molecular weight is 226 g/mol. The molecule has 1 saturated heterocycles. The monoisotopic (exact) mass is 226 g/mol. The third-order valence-corrected chi connectivity index (χ3v) is 5.06. The van der Waals surface area contributed by atoms with Crippen molar-refractivity contribution in [2.24, 2.45) is 16.2 Å². The largest absolute Gasteiger partial charge is 0.234 e. The minimum Gasteiger partial charge on any atom is -0.195 e. The fourth-order valence-electron chi connectivity index (χ4n) is 3.91. The molecule has 0 radical (unpaired) electrons. The van der Waals surface area contributed by atoms with Crippen molar-refractivity contribution in [1.82, 2.24) is 0 Å². The Morgan fingerprint density at radius 2 is 1.06 bits per heavy atom. The predicted molar refractivity (Wildman–Crippen MR) is 64.7 cm³/mol. The van der Waals surface area contributed by atoms with Gasteiger partial charge in [0.25, 0.3) is 0 Å². The minimum absolute atomic E-state index is 0.181. The Balaban J connectivity index is 2.24. The van der Waals surface area contributed by atoms with E-state index in [0.29, 0.717) is 16.2 Å². The minimum atomic E-state index is -0.181. The van der Waals surface area contributed by atoms with Crippen LogP contribution in [0.5, 0.6) is 0 Å². The van der Waals surface area contributed by atoms with Crippen molar-refractivity contribution in [2.75, 3.05) is 0 Å². The van der Waals surface area contributed by atoms with Crippen LogP contribution in [0.3, 0.4) is 0 Å². The summed E-state index contributed by atoms with van der Waals surface area (Å²) in [6.45, 7) is 14.3. The first-order chi connectivity index (χ1) is 7.12. The lowest BCUT2D eigenvalue weighted by atomic mass is 9.48. The first-order valence-electron chi connectivity index (χ1n) is 6.49. The van der Waals surface area contributed by atoms with Crippen LogP contribution in [0.4, 0.5) is 0 Å².